The molecule has 1 aromatic heterocycles. The average molecular weight is 223 g/mol. The van der Waals surface area contributed by atoms with E-state index in [1.807, 2.05) is 0 Å². The van der Waals surface area contributed by atoms with Crippen molar-refractivity contribution in [1.82, 2.24) is 9.97 Å². The topological polar surface area (TPSA) is 91.8 Å². The molecule has 7 heteroatoms. The molecule has 0 saturated heterocycles. The molecule has 0 aliphatic heterocycles. The number of hydrogen-bond acceptors (Lipinski definition) is 4. The Morgan fingerprint density at radius 3 is 2.73 bits per heavy atom. The van der Waals surface area contributed by atoms with E-state index >= 15 is 0 Å². The molecule has 76 valence electrons. The molecule has 0 saturated carbocycles. The molecule has 2 N–H and O–H groups in total. The summed E-state index contributed by atoms with van der Waals surface area (Å²) in [6.07, 6.45) is 0. The quantitative estimate of drug-likeness (QED) is 0.435. The second kappa shape index (κ2) is 3.28. The van der Waals surface area contributed by atoms with Crippen LogP contribution in [0.1, 0.15) is 0 Å². The maximum Gasteiger partial charge on any atom is 0.271 e. The predicted molar refractivity (Wildman–Crippen MR) is 56.4 cm³/mol. The highest BCUT2D eigenvalue weighted by molar-refractivity contribution is 7.71. The van der Waals surface area contributed by atoms with Gasteiger partial charge in [-0.25, -0.2) is 0 Å². The Morgan fingerprint density at radius 2 is 2.07 bits per heavy atom. The van der Waals surface area contributed by atoms with Gasteiger partial charge in [0.05, 0.1) is 15.8 Å². The standard InChI is InChI=1S/C8H5N3O3S/c12-7-5-2-1-4(11(13)14)3-6(5)9-8(15)10-7/h1-3H,(H2,9,10,12,15). The fourth-order valence-electron chi connectivity index (χ4n) is 1.27. The highest BCUT2D eigenvalue weighted by Crippen LogP contribution is 2.15. The van der Waals surface area contributed by atoms with Crippen LogP contribution < -0.4 is 5.56 Å². The third kappa shape index (κ3) is 1.64. The van der Waals surface area contributed by atoms with Crippen LogP contribution >= 0.6 is 12.2 Å². The SMILES string of the molecule is O=c1[nH]c(=S)[nH]c2cc([N+](=O)[O-])ccc12. The van der Waals surface area contributed by atoms with E-state index in [0.29, 0.717) is 10.9 Å². The van der Waals surface area contributed by atoms with Crippen LogP contribution in [0, 0.1) is 14.9 Å². The van der Waals surface area contributed by atoms with E-state index in [2.05, 4.69) is 9.97 Å². The lowest BCUT2D eigenvalue weighted by Gasteiger charge is -1.96. The summed E-state index contributed by atoms with van der Waals surface area (Å²) in [6.45, 7) is 0. The second-order valence-corrected chi connectivity index (χ2v) is 3.30. The molecule has 1 aromatic carbocycles. The molecule has 0 unspecified atom stereocenters. The Kier molecular flexibility index (Phi) is 2.09. The molecule has 15 heavy (non-hydrogen) atoms. The zero-order valence-corrected chi connectivity index (χ0v) is 8.13. The summed E-state index contributed by atoms with van der Waals surface area (Å²) in [5, 5.41) is 10.8. The lowest BCUT2D eigenvalue weighted by atomic mass is 10.2. The van der Waals surface area contributed by atoms with Gasteiger partial charge in [-0.3, -0.25) is 19.9 Å². The Labute approximate surface area is 87.7 Å². The van der Waals surface area contributed by atoms with E-state index in [0.717, 1.165) is 0 Å². The fourth-order valence-corrected chi connectivity index (χ4v) is 1.47. The number of nitrogens with one attached hydrogen (secondary N) is 2. The predicted octanol–water partition coefficient (Wildman–Crippen LogP) is 1.49. The zero-order chi connectivity index (χ0) is 11.0. The molecule has 2 aromatic rings. The van der Waals surface area contributed by atoms with Crippen molar-refractivity contribution in [3.63, 3.8) is 0 Å². The molecule has 0 aliphatic rings. The van der Waals surface area contributed by atoms with Crippen molar-refractivity contribution in [3.05, 3.63) is 43.4 Å². The normalized spacial score (nSPS) is 10.4. The van der Waals surface area contributed by atoms with Crippen molar-refractivity contribution in [2.45, 2.75) is 0 Å². The molecule has 1 heterocycles. The Hall–Kier alpha value is -2.02. The number of aromatic amines is 2. The van der Waals surface area contributed by atoms with E-state index in [-0.39, 0.29) is 16.0 Å². The van der Waals surface area contributed by atoms with Crippen LogP contribution in [-0.4, -0.2) is 14.9 Å². The van der Waals surface area contributed by atoms with Crippen LogP contribution in [-0.2, 0) is 0 Å². The van der Waals surface area contributed by atoms with Gasteiger partial charge in [-0.1, -0.05) is 0 Å². The van der Waals surface area contributed by atoms with E-state index in [9.17, 15) is 14.9 Å². The number of H-pyrrole nitrogens is 2. The molecule has 0 radical (unpaired) electrons. The van der Waals surface area contributed by atoms with Crippen LogP contribution in [0.25, 0.3) is 10.9 Å². The van der Waals surface area contributed by atoms with Gasteiger partial charge >= 0.3 is 0 Å². The molecular formula is C8H5N3O3S. The van der Waals surface area contributed by atoms with Gasteiger partial charge < -0.3 is 4.98 Å². The summed E-state index contributed by atoms with van der Waals surface area (Å²) < 4.78 is 0.146. The molecule has 0 aliphatic carbocycles. The lowest BCUT2D eigenvalue weighted by molar-refractivity contribution is -0.384. The lowest BCUT2D eigenvalue weighted by Crippen LogP contribution is -2.07. The third-order valence-electron chi connectivity index (χ3n) is 1.93. The largest absolute Gasteiger partial charge is 0.332 e. The number of nitrogens with zero attached hydrogens (tertiary/aromatic N) is 1. The summed E-state index contributed by atoms with van der Waals surface area (Å²) in [5.74, 6) is 0. The number of aromatic nitrogens is 2. The van der Waals surface area contributed by atoms with Crippen molar-refractivity contribution in [1.29, 1.82) is 0 Å². The summed E-state index contributed by atoms with van der Waals surface area (Å²) in [7, 11) is 0. The fraction of sp³-hybridized carbons (Fsp3) is 0. The summed E-state index contributed by atoms with van der Waals surface area (Å²) in [6, 6.07) is 3.94. The van der Waals surface area contributed by atoms with E-state index in [1.54, 1.807) is 0 Å². The minimum Gasteiger partial charge on any atom is -0.332 e. The van der Waals surface area contributed by atoms with Gasteiger partial charge in [-0.15, -0.1) is 0 Å². The number of benzene rings is 1. The molecule has 2 rings (SSSR count). The van der Waals surface area contributed by atoms with Gasteiger partial charge in [0.1, 0.15) is 0 Å². The van der Waals surface area contributed by atoms with Crippen molar-refractivity contribution in [2.75, 3.05) is 0 Å². The molecule has 0 fully saturated rings. The van der Waals surface area contributed by atoms with Crippen molar-refractivity contribution >= 4 is 28.8 Å². The highest BCUT2D eigenvalue weighted by Gasteiger charge is 2.07. The summed E-state index contributed by atoms with van der Waals surface area (Å²) >= 11 is 4.75. The first kappa shape index (κ1) is 9.53. The van der Waals surface area contributed by atoms with Gasteiger partial charge in [0.2, 0.25) is 0 Å². The van der Waals surface area contributed by atoms with Gasteiger partial charge in [0.15, 0.2) is 4.77 Å². The second-order valence-electron chi connectivity index (χ2n) is 2.90. The molecule has 0 bridgehead atoms. The maximum atomic E-state index is 11.4. The number of nitro groups is 1. The molecule has 0 amide bonds. The zero-order valence-electron chi connectivity index (χ0n) is 7.31. The highest BCUT2D eigenvalue weighted by atomic mass is 32.1. The Balaban J connectivity index is 2.88. The number of fused-ring (bicyclic) bond motifs is 1. The van der Waals surface area contributed by atoms with Crippen molar-refractivity contribution in [2.24, 2.45) is 0 Å². The first-order chi connectivity index (χ1) is 7.08. The van der Waals surface area contributed by atoms with E-state index in [4.69, 9.17) is 12.2 Å². The van der Waals surface area contributed by atoms with Crippen LogP contribution in [0.4, 0.5) is 5.69 Å². The monoisotopic (exact) mass is 223 g/mol. The Bertz CT molecular complexity index is 658. The minimum absolute atomic E-state index is 0.0845. The molecule has 0 atom stereocenters. The van der Waals surface area contributed by atoms with E-state index < -0.39 is 4.92 Å². The number of rotatable bonds is 1. The third-order valence-corrected chi connectivity index (χ3v) is 2.14. The first-order valence-electron chi connectivity index (χ1n) is 3.99. The van der Waals surface area contributed by atoms with Crippen LogP contribution in [0.5, 0.6) is 0 Å². The first-order valence-corrected chi connectivity index (χ1v) is 4.39. The smallest absolute Gasteiger partial charge is 0.271 e. The van der Waals surface area contributed by atoms with E-state index in [1.165, 1.54) is 18.2 Å². The number of non-ortho nitro benzene ring substituents is 1. The number of nitro benzene ring substituents is 1. The van der Waals surface area contributed by atoms with Gasteiger partial charge in [0, 0.05) is 12.1 Å². The van der Waals surface area contributed by atoms with Crippen LogP contribution in [0.2, 0.25) is 0 Å². The van der Waals surface area contributed by atoms with Crippen molar-refractivity contribution < 1.29 is 4.92 Å². The van der Waals surface area contributed by atoms with Crippen LogP contribution in [0.15, 0.2) is 23.0 Å². The molecule has 6 nitrogen and oxygen atoms in total. The number of hydrogen-bond donors (Lipinski definition) is 2. The van der Waals surface area contributed by atoms with Gasteiger partial charge in [-0.2, -0.15) is 0 Å². The van der Waals surface area contributed by atoms with Crippen LogP contribution in [0.3, 0.4) is 0 Å². The maximum absolute atomic E-state index is 11.4. The Morgan fingerprint density at radius 1 is 1.33 bits per heavy atom. The van der Waals surface area contributed by atoms with Gasteiger partial charge in [-0.05, 0) is 18.3 Å². The van der Waals surface area contributed by atoms with Gasteiger partial charge in [0.25, 0.3) is 11.2 Å². The summed E-state index contributed by atoms with van der Waals surface area (Å²) in [4.78, 5) is 26.4. The molecular weight excluding hydrogens is 218 g/mol. The molecule has 0 spiro atoms. The average Bonchev–Trinajstić information content (AvgIpc) is 2.16. The summed E-state index contributed by atoms with van der Waals surface area (Å²) in [5.41, 5.74) is -0.0830. The van der Waals surface area contributed by atoms with Crippen molar-refractivity contribution in [3.8, 4) is 0 Å². The minimum atomic E-state index is -0.530.